The highest BCUT2D eigenvalue weighted by Crippen LogP contribution is 2.54. The molecule has 0 radical (unpaired) electrons. The zero-order valence-corrected chi connectivity index (χ0v) is 7.63. The number of nitrogens with two attached hydrogens (primary N) is 1. The summed E-state index contributed by atoms with van der Waals surface area (Å²) in [5, 5.41) is 0. The third-order valence-corrected chi connectivity index (χ3v) is 4.03. The summed E-state index contributed by atoms with van der Waals surface area (Å²) in [6.45, 7) is 2.73. The molecule has 0 aromatic carbocycles. The van der Waals surface area contributed by atoms with Crippen molar-refractivity contribution < 1.29 is 0 Å². The van der Waals surface area contributed by atoms with Gasteiger partial charge in [-0.15, -0.1) is 0 Å². The molecule has 0 aromatic heterocycles. The second-order valence-electron chi connectivity index (χ2n) is 5.07. The standard InChI is InChI=1S/C10H18N2/c11-8-2-1-3-9(8)12-6-10(7-12)4-5-10/h8-9H,1-7,11H2. The van der Waals surface area contributed by atoms with Crippen LogP contribution in [0.25, 0.3) is 0 Å². The summed E-state index contributed by atoms with van der Waals surface area (Å²) in [7, 11) is 0. The van der Waals surface area contributed by atoms with Crippen LogP contribution in [0.15, 0.2) is 0 Å². The van der Waals surface area contributed by atoms with Crippen molar-refractivity contribution in [1.82, 2.24) is 4.90 Å². The normalized spacial score (nSPS) is 44.8. The SMILES string of the molecule is NC1CCCC1N1CC2(CC2)C1. The van der Waals surface area contributed by atoms with E-state index >= 15 is 0 Å². The van der Waals surface area contributed by atoms with Crippen LogP contribution in [0, 0.1) is 5.41 Å². The van der Waals surface area contributed by atoms with Gasteiger partial charge in [0.1, 0.15) is 0 Å². The minimum atomic E-state index is 0.487. The average molecular weight is 166 g/mol. The molecule has 1 spiro atoms. The van der Waals surface area contributed by atoms with Crippen molar-refractivity contribution in [2.24, 2.45) is 11.1 Å². The molecule has 2 saturated carbocycles. The minimum Gasteiger partial charge on any atom is -0.326 e. The summed E-state index contributed by atoms with van der Waals surface area (Å²) in [6, 6.07) is 1.23. The number of likely N-dealkylation sites (tertiary alicyclic amines) is 1. The predicted molar refractivity (Wildman–Crippen MR) is 48.9 cm³/mol. The molecule has 3 rings (SSSR count). The van der Waals surface area contributed by atoms with Crippen molar-refractivity contribution in [3.63, 3.8) is 0 Å². The smallest absolute Gasteiger partial charge is 0.0247 e. The van der Waals surface area contributed by atoms with E-state index in [0.29, 0.717) is 6.04 Å². The van der Waals surface area contributed by atoms with Gasteiger partial charge in [0.15, 0.2) is 0 Å². The molecule has 0 amide bonds. The summed E-state index contributed by atoms with van der Waals surface area (Å²) >= 11 is 0. The molecule has 3 fully saturated rings. The maximum absolute atomic E-state index is 6.06. The maximum atomic E-state index is 6.06. The number of rotatable bonds is 1. The first-order valence-corrected chi connectivity index (χ1v) is 5.29. The molecule has 2 nitrogen and oxygen atoms in total. The van der Waals surface area contributed by atoms with Crippen molar-refractivity contribution in [2.45, 2.75) is 44.2 Å². The summed E-state index contributed by atoms with van der Waals surface area (Å²) in [5.41, 5.74) is 6.86. The molecule has 1 heterocycles. The van der Waals surface area contributed by atoms with E-state index in [1.807, 2.05) is 0 Å². The minimum absolute atomic E-state index is 0.487. The number of hydrogen-bond acceptors (Lipinski definition) is 2. The molecular weight excluding hydrogens is 148 g/mol. The van der Waals surface area contributed by atoms with E-state index in [2.05, 4.69) is 4.90 Å². The molecule has 2 heteroatoms. The van der Waals surface area contributed by atoms with Crippen LogP contribution in [0.3, 0.4) is 0 Å². The van der Waals surface area contributed by atoms with Gasteiger partial charge in [-0.2, -0.15) is 0 Å². The molecule has 0 bridgehead atoms. The molecule has 2 atom stereocenters. The van der Waals surface area contributed by atoms with Gasteiger partial charge in [0.05, 0.1) is 0 Å². The lowest BCUT2D eigenvalue weighted by atomic mass is 9.93. The van der Waals surface area contributed by atoms with Crippen molar-refractivity contribution >= 4 is 0 Å². The maximum Gasteiger partial charge on any atom is 0.0247 e. The Kier molecular flexibility index (Phi) is 1.37. The molecule has 12 heavy (non-hydrogen) atoms. The Labute approximate surface area is 74.1 Å². The van der Waals surface area contributed by atoms with E-state index in [9.17, 15) is 0 Å². The molecule has 2 N–H and O–H groups in total. The second-order valence-corrected chi connectivity index (χ2v) is 5.07. The van der Waals surface area contributed by atoms with Crippen molar-refractivity contribution in [3.8, 4) is 0 Å². The third-order valence-electron chi connectivity index (χ3n) is 4.03. The van der Waals surface area contributed by atoms with Crippen LogP contribution in [0.1, 0.15) is 32.1 Å². The summed E-state index contributed by atoms with van der Waals surface area (Å²) in [5.74, 6) is 0. The van der Waals surface area contributed by atoms with Gasteiger partial charge in [-0.05, 0) is 31.1 Å². The molecule has 0 aromatic rings. The van der Waals surface area contributed by atoms with Gasteiger partial charge in [-0.1, -0.05) is 6.42 Å². The number of nitrogens with zero attached hydrogens (tertiary/aromatic N) is 1. The van der Waals surface area contributed by atoms with E-state index in [0.717, 1.165) is 11.5 Å². The van der Waals surface area contributed by atoms with Crippen LogP contribution in [0.2, 0.25) is 0 Å². The first kappa shape index (κ1) is 7.34. The van der Waals surface area contributed by atoms with Gasteiger partial charge in [0, 0.05) is 25.2 Å². The van der Waals surface area contributed by atoms with Gasteiger partial charge in [0.2, 0.25) is 0 Å². The van der Waals surface area contributed by atoms with Gasteiger partial charge >= 0.3 is 0 Å². The third kappa shape index (κ3) is 0.944. The van der Waals surface area contributed by atoms with Crippen LogP contribution >= 0.6 is 0 Å². The van der Waals surface area contributed by atoms with Crippen LogP contribution in [0.5, 0.6) is 0 Å². The fourth-order valence-corrected chi connectivity index (χ4v) is 2.97. The highest BCUT2D eigenvalue weighted by molar-refractivity contribution is 5.08. The van der Waals surface area contributed by atoms with Crippen molar-refractivity contribution in [1.29, 1.82) is 0 Å². The molecule has 2 unspecified atom stereocenters. The van der Waals surface area contributed by atoms with E-state index in [1.54, 1.807) is 0 Å². The lowest BCUT2D eigenvalue weighted by Gasteiger charge is -2.45. The van der Waals surface area contributed by atoms with Crippen LogP contribution < -0.4 is 5.73 Å². The fraction of sp³-hybridized carbons (Fsp3) is 1.00. The van der Waals surface area contributed by atoms with E-state index < -0.39 is 0 Å². The van der Waals surface area contributed by atoms with Crippen molar-refractivity contribution in [3.05, 3.63) is 0 Å². The lowest BCUT2D eigenvalue weighted by molar-refractivity contribution is 0.0328. The largest absolute Gasteiger partial charge is 0.326 e. The van der Waals surface area contributed by atoms with E-state index in [1.165, 1.54) is 45.2 Å². The Morgan fingerprint density at radius 2 is 1.92 bits per heavy atom. The molecule has 68 valence electrons. The summed E-state index contributed by atoms with van der Waals surface area (Å²) in [4.78, 5) is 2.63. The lowest BCUT2D eigenvalue weighted by Crippen LogP contribution is -2.57. The zero-order chi connectivity index (χ0) is 8.18. The average Bonchev–Trinajstić information content (AvgIpc) is 2.68. The molecule has 3 aliphatic rings. The highest BCUT2D eigenvalue weighted by atomic mass is 15.3. The topological polar surface area (TPSA) is 29.3 Å². The Bertz CT molecular complexity index is 190. The number of hydrogen-bond donors (Lipinski definition) is 1. The summed E-state index contributed by atoms with van der Waals surface area (Å²) < 4.78 is 0. The molecule has 1 saturated heterocycles. The Morgan fingerprint density at radius 1 is 1.17 bits per heavy atom. The molecule has 1 aliphatic heterocycles. The van der Waals surface area contributed by atoms with Crippen LogP contribution in [0.4, 0.5) is 0 Å². The highest BCUT2D eigenvalue weighted by Gasteiger charge is 2.54. The molecule has 2 aliphatic carbocycles. The second kappa shape index (κ2) is 2.24. The van der Waals surface area contributed by atoms with Crippen LogP contribution in [-0.2, 0) is 0 Å². The van der Waals surface area contributed by atoms with Gasteiger partial charge < -0.3 is 5.73 Å². The summed E-state index contributed by atoms with van der Waals surface area (Å²) in [6.07, 6.45) is 6.96. The van der Waals surface area contributed by atoms with Gasteiger partial charge in [-0.25, -0.2) is 0 Å². The predicted octanol–water partition coefficient (Wildman–Crippen LogP) is 0.962. The molecular formula is C10H18N2. The monoisotopic (exact) mass is 166 g/mol. The van der Waals surface area contributed by atoms with E-state index in [4.69, 9.17) is 5.73 Å². The Hall–Kier alpha value is -0.0800. The van der Waals surface area contributed by atoms with E-state index in [-0.39, 0.29) is 0 Å². The quantitative estimate of drug-likeness (QED) is 0.628. The Balaban J connectivity index is 1.60. The van der Waals surface area contributed by atoms with Gasteiger partial charge in [-0.3, -0.25) is 4.90 Å². The zero-order valence-electron chi connectivity index (χ0n) is 7.63. The van der Waals surface area contributed by atoms with Crippen molar-refractivity contribution in [2.75, 3.05) is 13.1 Å². The van der Waals surface area contributed by atoms with Gasteiger partial charge in [0.25, 0.3) is 0 Å². The fourth-order valence-electron chi connectivity index (χ4n) is 2.97. The van der Waals surface area contributed by atoms with Crippen LogP contribution in [-0.4, -0.2) is 30.1 Å². The first-order valence-electron chi connectivity index (χ1n) is 5.29. The first-order chi connectivity index (χ1) is 5.79. The Morgan fingerprint density at radius 3 is 2.42 bits per heavy atom.